The van der Waals surface area contributed by atoms with E-state index in [1.165, 1.54) is 23.7 Å². The number of nitrogens with zero attached hydrogens (tertiary/aromatic N) is 3. The number of amides is 3. The minimum absolute atomic E-state index is 0.109. The number of carbonyl (C=O) groups is 3. The Morgan fingerprint density at radius 3 is 2.84 bits per heavy atom. The number of aromatic nitrogens is 2. The second kappa shape index (κ2) is 7.58. The van der Waals surface area contributed by atoms with Crippen molar-refractivity contribution in [3.05, 3.63) is 51.1 Å². The first-order chi connectivity index (χ1) is 12.0. The molecule has 2 aromatic heterocycles. The molecule has 0 aliphatic carbocycles. The number of hydrogen-bond donors (Lipinski definition) is 1. The summed E-state index contributed by atoms with van der Waals surface area (Å²) in [7, 11) is 0. The normalized spacial score (nSPS) is 15.9. The lowest BCUT2D eigenvalue weighted by atomic mass is 10.3. The molecule has 128 valence electrons. The predicted octanol–water partition coefficient (Wildman–Crippen LogP) is 2.31. The van der Waals surface area contributed by atoms with Gasteiger partial charge in [-0.05, 0) is 36.2 Å². The van der Waals surface area contributed by atoms with Gasteiger partial charge < -0.3 is 5.32 Å². The van der Waals surface area contributed by atoms with Crippen molar-refractivity contribution in [1.82, 2.24) is 20.2 Å². The molecule has 1 aliphatic heterocycles. The van der Waals surface area contributed by atoms with Crippen LogP contribution in [0.1, 0.15) is 21.1 Å². The first-order valence-electron chi connectivity index (χ1n) is 7.40. The van der Waals surface area contributed by atoms with E-state index in [0.717, 1.165) is 21.5 Å². The van der Waals surface area contributed by atoms with E-state index in [2.05, 4.69) is 15.3 Å². The van der Waals surface area contributed by atoms with Crippen LogP contribution >= 0.6 is 23.1 Å². The van der Waals surface area contributed by atoms with Gasteiger partial charge in [-0.3, -0.25) is 24.3 Å². The Morgan fingerprint density at radius 2 is 2.16 bits per heavy atom. The molecule has 1 aliphatic rings. The number of aryl methyl sites for hydroxylation is 1. The van der Waals surface area contributed by atoms with Crippen LogP contribution < -0.4 is 5.32 Å². The van der Waals surface area contributed by atoms with E-state index in [4.69, 9.17) is 0 Å². The molecule has 25 heavy (non-hydrogen) atoms. The summed E-state index contributed by atoms with van der Waals surface area (Å²) in [5.74, 6) is -0.735. The molecule has 3 amide bonds. The van der Waals surface area contributed by atoms with E-state index in [1.807, 2.05) is 17.5 Å². The third-order valence-corrected chi connectivity index (χ3v) is 5.05. The van der Waals surface area contributed by atoms with Crippen LogP contribution in [0.25, 0.3) is 6.08 Å². The lowest BCUT2D eigenvalue weighted by Gasteiger charge is -2.12. The zero-order valence-electron chi connectivity index (χ0n) is 13.3. The summed E-state index contributed by atoms with van der Waals surface area (Å²) < 4.78 is 0. The Morgan fingerprint density at radius 1 is 1.32 bits per heavy atom. The summed E-state index contributed by atoms with van der Waals surface area (Å²) in [6.45, 7) is 2.04. The highest BCUT2D eigenvalue weighted by Gasteiger charge is 2.34. The third kappa shape index (κ3) is 4.12. The summed E-state index contributed by atoms with van der Waals surface area (Å²) >= 11 is 2.40. The van der Waals surface area contributed by atoms with Crippen LogP contribution in [0.4, 0.5) is 4.79 Å². The van der Waals surface area contributed by atoms with Crippen molar-refractivity contribution in [2.45, 2.75) is 6.92 Å². The van der Waals surface area contributed by atoms with Gasteiger partial charge in [-0.15, -0.1) is 11.3 Å². The molecule has 0 atom stereocenters. The fourth-order valence-electron chi connectivity index (χ4n) is 2.08. The van der Waals surface area contributed by atoms with E-state index in [1.54, 1.807) is 13.0 Å². The van der Waals surface area contributed by atoms with E-state index in [9.17, 15) is 14.4 Å². The van der Waals surface area contributed by atoms with Crippen LogP contribution in [0.5, 0.6) is 0 Å². The molecule has 7 nitrogen and oxygen atoms in total. The van der Waals surface area contributed by atoms with Crippen molar-refractivity contribution in [2.75, 3.05) is 13.1 Å². The largest absolute Gasteiger partial charge is 0.349 e. The second-order valence-electron chi connectivity index (χ2n) is 5.15. The van der Waals surface area contributed by atoms with Crippen molar-refractivity contribution in [3.8, 4) is 0 Å². The van der Waals surface area contributed by atoms with Crippen LogP contribution in [-0.4, -0.2) is 45.0 Å². The average molecular weight is 374 g/mol. The van der Waals surface area contributed by atoms with Gasteiger partial charge in [-0.25, -0.2) is 4.98 Å². The van der Waals surface area contributed by atoms with E-state index in [0.29, 0.717) is 10.6 Å². The maximum absolute atomic E-state index is 12.3. The van der Waals surface area contributed by atoms with Gasteiger partial charge in [-0.2, -0.15) is 0 Å². The van der Waals surface area contributed by atoms with Gasteiger partial charge in [0.25, 0.3) is 17.1 Å². The number of nitrogens with one attached hydrogen (secondary N) is 1. The molecule has 0 spiro atoms. The molecule has 3 rings (SSSR count). The smallest absolute Gasteiger partial charge is 0.293 e. The zero-order valence-corrected chi connectivity index (χ0v) is 14.9. The number of thiophene rings is 1. The van der Waals surface area contributed by atoms with Crippen LogP contribution in [0.2, 0.25) is 0 Å². The molecule has 0 aromatic carbocycles. The maximum Gasteiger partial charge on any atom is 0.293 e. The molecule has 9 heteroatoms. The molecule has 1 fully saturated rings. The number of rotatable bonds is 5. The Bertz CT molecular complexity index is 832. The van der Waals surface area contributed by atoms with E-state index < -0.39 is 5.91 Å². The molecule has 0 unspecified atom stereocenters. The van der Waals surface area contributed by atoms with E-state index in [-0.39, 0.29) is 29.9 Å². The van der Waals surface area contributed by atoms with Gasteiger partial charge in [0, 0.05) is 24.2 Å². The summed E-state index contributed by atoms with van der Waals surface area (Å²) in [6, 6.07) is 3.76. The van der Waals surface area contributed by atoms with Gasteiger partial charge in [0.15, 0.2) is 0 Å². The van der Waals surface area contributed by atoms with Crippen molar-refractivity contribution in [2.24, 2.45) is 0 Å². The van der Waals surface area contributed by atoms with Crippen LogP contribution in [0.15, 0.2) is 34.8 Å². The van der Waals surface area contributed by atoms with Gasteiger partial charge >= 0.3 is 0 Å². The minimum Gasteiger partial charge on any atom is -0.349 e. The predicted molar refractivity (Wildman–Crippen MR) is 96.1 cm³/mol. The summed E-state index contributed by atoms with van der Waals surface area (Å²) in [5, 5.41) is 4.20. The Labute approximate surface area is 152 Å². The molecule has 3 heterocycles. The Kier molecular flexibility index (Phi) is 5.25. The summed E-state index contributed by atoms with van der Waals surface area (Å²) in [5.41, 5.74) is 0.907. The summed E-state index contributed by atoms with van der Waals surface area (Å²) in [6.07, 6.45) is 4.59. The number of carbonyl (C=O) groups excluding carboxylic acids is 3. The van der Waals surface area contributed by atoms with Crippen molar-refractivity contribution in [1.29, 1.82) is 0 Å². The monoisotopic (exact) mass is 374 g/mol. The van der Waals surface area contributed by atoms with E-state index >= 15 is 0 Å². The van der Waals surface area contributed by atoms with Gasteiger partial charge in [-0.1, -0.05) is 6.07 Å². The molecular weight excluding hydrogens is 360 g/mol. The molecule has 0 radical (unpaired) electrons. The topological polar surface area (TPSA) is 92.3 Å². The molecule has 0 bridgehead atoms. The Balaban J connectivity index is 1.56. The second-order valence-corrected chi connectivity index (χ2v) is 7.12. The lowest BCUT2D eigenvalue weighted by molar-refractivity contribution is -0.122. The first kappa shape index (κ1) is 17.3. The number of hydrogen-bond acceptors (Lipinski definition) is 7. The van der Waals surface area contributed by atoms with Gasteiger partial charge in [0.05, 0.1) is 16.8 Å². The average Bonchev–Trinajstić information content (AvgIpc) is 3.19. The molecule has 2 aromatic rings. The SMILES string of the molecule is Cc1cnc(C(=O)NCCN2C(=O)SC(=Cc3cccs3)C2=O)cn1. The fraction of sp³-hybridized carbons (Fsp3) is 0.188. The van der Waals surface area contributed by atoms with Crippen LogP contribution in [0.3, 0.4) is 0 Å². The molecular formula is C16H14N4O3S2. The quantitative estimate of drug-likeness (QED) is 0.808. The molecule has 1 saturated heterocycles. The van der Waals surface area contributed by atoms with Gasteiger partial charge in [0.1, 0.15) is 5.69 Å². The highest BCUT2D eigenvalue weighted by molar-refractivity contribution is 8.18. The third-order valence-electron chi connectivity index (χ3n) is 3.32. The number of imide groups is 1. The molecule has 1 N–H and O–H groups in total. The highest BCUT2D eigenvalue weighted by Crippen LogP contribution is 2.32. The fourth-order valence-corrected chi connectivity index (χ4v) is 3.66. The maximum atomic E-state index is 12.3. The zero-order chi connectivity index (χ0) is 17.8. The number of thioether (sulfide) groups is 1. The highest BCUT2D eigenvalue weighted by atomic mass is 32.2. The van der Waals surface area contributed by atoms with Gasteiger partial charge in [0.2, 0.25) is 0 Å². The first-order valence-corrected chi connectivity index (χ1v) is 9.10. The van der Waals surface area contributed by atoms with Crippen molar-refractivity contribution in [3.63, 3.8) is 0 Å². The lowest BCUT2D eigenvalue weighted by Crippen LogP contribution is -2.37. The minimum atomic E-state index is -0.395. The van der Waals surface area contributed by atoms with Crippen molar-refractivity contribution >= 4 is 46.2 Å². The molecule has 0 saturated carbocycles. The van der Waals surface area contributed by atoms with Crippen LogP contribution in [-0.2, 0) is 4.79 Å². The Hall–Kier alpha value is -2.52. The van der Waals surface area contributed by atoms with Crippen LogP contribution in [0, 0.1) is 6.92 Å². The standard InChI is InChI=1S/C16H14N4O3S2/c1-10-8-19-12(9-18-10)14(21)17-4-5-20-15(22)13(25-16(20)23)7-11-3-2-6-24-11/h2-3,6-9H,4-5H2,1H3,(H,17,21). The summed E-state index contributed by atoms with van der Waals surface area (Å²) in [4.78, 5) is 46.7. The van der Waals surface area contributed by atoms with Crippen molar-refractivity contribution < 1.29 is 14.4 Å².